The molecule has 2 rings (SSSR count). The maximum atomic E-state index is 13.0. The van der Waals surface area contributed by atoms with Gasteiger partial charge in [-0.25, -0.2) is 27.2 Å². The largest absolute Gasteiger partial charge is 0.387 e. The quantitative estimate of drug-likeness (QED) is 0.324. The lowest BCUT2D eigenvalue weighted by atomic mass is 9.75. The standard InChI is InChI=1S/C6F4O3/c7-1-2(8)6(10)4(12)13-3(11)5(1,6)9. The lowest BCUT2D eigenvalue weighted by Gasteiger charge is -2.32. The van der Waals surface area contributed by atoms with Gasteiger partial charge < -0.3 is 4.74 Å². The van der Waals surface area contributed by atoms with Crippen LogP contribution in [-0.4, -0.2) is 23.3 Å². The van der Waals surface area contributed by atoms with E-state index < -0.39 is 34.9 Å². The zero-order valence-electron chi connectivity index (χ0n) is 5.74. The van der Waals surface area contributed by atoms with E-state index in [0.717, 1.165) is 0 Å². The molecule has 2 unspecified atom stereocenters. The summed E-state index contributed by atoms with van der Waals surface area (Å²) in [5, 5.41) is 0. The third-order valence-electron chi connectivity index (χ3n) is 2.02. The van der Waals surface area contributed by atoms with Crippen molar-refractivity contribution >= 4 is 11.9 Å². The third-order valence-corrected chi connectivity index (χ3v) is 2.02. The van der Waals surface area contributed by atoms with E-state index >= 15 is 0 Å². The Morgan fingerprint density at radius 2 is 1.23 bits per heavy atom. The number of ether oxygens (including phenoxy) is 1. The molecule has 1 fully saturated rings. The van der Waals surface area contributed by atoms with E-state index in [-0.39, 0.29) is 0 Å². The first kappa shape index (κ1) is 8.21. The van der Waals surface area contributed by atoms with Crippen LogP contribution in [0.2, 0.25) is 0 Å². The van der Waals surface area contributed by atoms with Crippen molar-refractivity contribution in [3.63, 3.8) is 0 Å². The van der Waals surface area contributed by atoms with Crippen LogP contribution in [0.25, 0.3) is 0 Å². The first-order valence-corrected chi connectivity index (χ1v) is 3.07. The fourth-order valence-corrected chi connectivity index (χ4v) is 1.23. The molecule has 2 aliphatic rings. The fourth-order valence-electron chi connectivity index (χ4n) is 1.23. The van der Waals surface area contributed by atoms with E-state index in [1.54, 1.807) is 0 Å². The molecule has 1 saturated heterocycles. The van der Waals surface area contributed by atoms with Crippen molar-refractivity contribution in [1.29, 1.82) is 0 Å². The highest BCUT2D eigenvalue weighted by atomic mass is 19.2. The maximum Gasteiger partial charge on any atom is 0.363 e. The average molecular weight is 196 g/mol. The Morgan fingerprint density at radius 3 is 1.54 bits per heavy atom. The minimum absolute atomic E-state index is 2.06. The molecular formula is C6F4O3. The summed E-state index contributed by atoms with van der Waals surface area (Å²) in [6.07, 6.45) is 0. The van der Waals surface area contributed by atoms with Crippen LogP contribution in [-0.2, 0) is 14.3 Å². The molecule has 13 heavy (non-hydrogen) atoms. The van der Waals surface area contributed by atoms with Gasteiger partial charge in [0.1, 0.15) is 0 Å². The summed E-state index contributed by atoms with van der Waals surface area (Å²) in [7, 11) is 0. The van der Waals surface area contributed by atoms with Crippen molar-refractivity contribution in [2.24, 2.45) is 0 Å². The van der Waals surface area contributed by atoms with Gasteiger partial charge in [0.05, 0.1) is 0 Å². The second-order valence-electron chi connectivity index (χ2n) is 2.62. The van der Waals surface area contributed by atoms with Gasteiger partial charge in [-0.05, 0) is 0 Å². The number of rotatable bonds is 0. The Morgan fingerprint density at radius 1 is 0.923 bits per heavy atom. The minimum Gasteiger partial charge on any atom is -0.387 e. The highest BCUT2D eigenvalue weighted by Crippen LogP contribution is 2.58. The molecule has 7 heteroatoms. The molecule has 1 aliphatic carbocycles. The van der Waals surface area contributed by atoms with Gasteiger partial charge >= 0.3 is 23.3 Å². The van der Waals surface area contributed by atoms with Gasteiger partial charge in [0.25, 0.3) is 0 Å². The van der Waals surface area contributed by atoms with Crippen molar-refractivity contribution < 1.29 is 31.9 Å². The topological polar surface area (TPSA) is 43.4 Å². The van der Waals surface area contributed by atoms with E-state index in [2.05, 4.69) is 4.74 Å². The molecule has 0 radical (unpaired) electrons. The van der Waals surface area contributed by atoms with Crippen molar-refractivity contribution in [1.82, 2.24) is 0 Å². The first-order chi connectivity index (χ1) is 5.86. The summed E-state index contributed by atoms with van der Waals surface area (Å²) in [6.45, 7) is 0. The van der Waals surface area contributed by atoms with Crippen molar-refractivity contribution in [2.45, 2.75) is 11.3 Å². The van der Waals surface area contributed by atoms with Crippen molar-refractivity contribution in [3.8, 4) is 0 Å². The first-order valence-electron chi connectivity index (χ1n) is 3.07. The van der Waals surface area contributed by atoms with Crippen LogP contribution in [0.5, 0.6) is 0 Å². The molecule has 3 nitrogen and oxygen atoms in total. The van der Waals surface area contributed by atoms with Crippen molar-refractivity contribution in [2.75, 3.05) is 0 Å². The lowest BCUT2D eigenvalue weighted by molar-refractivity contribution is -0.155. The number of esters is 2. The lowest BCUT2D eigenvalue weighted by Crippen LogP contribution is -2.59. The Balaban J connectivity index is 2.68. The predicted molar refractivity (Wildman–Crippen MR) is 28.0 cm³/mol. The minimum atomic E-state index is -3.91. The number of cyclic esters (lactones) is 2. The van der Waals surface area contributed by atoms with Gasteiger partial charge in [0.15, 0.2) is 11.7 Å². The Bertz CT molecular complexity index is 342. The van der Waals surface area contributed by atoms with Gasteiger partial charge in [0.2, 0.25) is 0 Å². The summed E-state index contributed by atoms with van der Waals surface area (Å²) < 4.78 is 54.2. The van der Waals surface area contributed by atoms with Gasteiger partial charge in [-0.3, -0.25) is 0 Å². The monoisotopic (exact) mass is 196 g/mol. The molecule has 1 heterocycles. The van der Waals surface area contributed by atoms with Crippen LogP contribution in [0.3, 0.4) is 0 Å². The van der Waals surface area contributed by atoms with Crippen LogP contribution < -0.4 is 0 Å². The zero-order valence-corrected chi connectivity index (χ0v) is 5.74. The second kappa shape index (κ2) is 1.75. The molecular weight excluding hydrogens is 196 g/mol. The summed E-state index contributed by atoms with van der Waals surface area (Å²) in [5.41, 5.74) is -7.82. The molecule has 0 spiro atoms. The number of hydrogen-bond donors (Lipinski definition) is 0. The number of halogens is 4. The molecule has 0 aromatic rings. The van der Waals surface area contributed by atoms with E-state index in [1.165, 1.54) is 0 Å². The highest BCUT2D eigenvalue weighted by Gasteiger charge is 2.85. The molecule has 0 amide bonds. The second-order valence-corrected chi connectivity index (χ2v) is 2.62. The van der Waals surface area contributed by atoms with E-state index in [1.807, 2.05) is 0 Å². The van der Waals surface area contributed by atoms with Gasteiger partial charge in [-0.15, -0.1) is 0 Å². The predicted octanol–water partition coefficient (Wildman–Crippen LogP) is 0.651. The Labute approximate surface area is 68.0 Å². The summed E-state index contributed by atoms with van der Waals surface area (Å²) in [5.74, 6) is -8.57. The summed E-state index contributed by atoms with van der Waals surface area (Å²) in [4.78, 5) is 20.9. The Kier molecular flexibility index (Phi) is 1.11. The average Bonchev–Trinajstić information content (AvgIpc) is 2.26. The molecule has 0 aromatic carbocycles. The molecule has 0 aromatic heterocycles. The van der Waals surface area contributed by atoms with Gasteiger partial charge in [0, 0.05) is 0 Å². The van der Waals surface area contributed by atoms with Gasteiger partial charge in [-0.2, -0.15) is 0 Å². The third kappa shape index (κ3) is 0.500. The molecule has 0 saturated carbocycles. The van der Waals surface area contributed by atoms with Crippen LogP contribution in [0, 0.1) is 0 Å². The molecule has 70 valence electrons. The van der Waals surface area contributed by atoms with Crippen LogP contribution >= 0.6 is 0 Å². The maximum absolute atomic E-state index is 13.0. The zero-order chi connectivity index (χ0) is 10.0. The summed E-state index contributed by atoms with van der Waals surface area (Å²) >= 11 is 0. The van der Waals surface area contributed by atoms with Crippen LogP contribution in [0.15, 0.2) is 11.7 Å². The van der Waals surface area contributed by atoms with Crippen LogP contribution in [0.4, 0.5) is 17.6 Å². The van der Waals surface area contributed by atoms with E-state index in [0.29, 0.717) is 0 Å². The SMILES string of the molecule is O=C1OC(=O)C2(F)C(F)=C(F)C12F. The van der Waals surface area contributed by atoms with Gasteiger partial charge in [-0.1, -0.05) is 0 Å². The normalized spacial score (nSPS) is 43.1. The van der Waals surface area contributed by atoms with E-state index in [4.69, 9.17) is 0 Å². The summed E-state index contributed by atoms with van der Waals surface area (Å²) in [6, 6.07) is 0. The smallest absolute Gasteiger partial charge is 0.363 e. The molecule has 0 bridgehead atoms. The molecule has 1 aliphatic heterocycles. The van der Waals surface area contributed by atoms with E-state index in [9.17, 15) is 27.2 Å². The van der Waals surface area contributed by atoms with Crippen molar-refractivity contribution in [3.05, 3.63) is 11.7 Å². The highest BCUT2D eigenvalue weighted by molar-refractivity contribution is 6.12. The molecule has 0 N–H and O–H groups in total. The number of carbonyl (C=O) groups is 2. The number of carbonyl (C=O) groups excluding carboxylic acids is 2. The fraction of sp³-hybridized carbons (Fsp3) is 0.333. The number of fused-ring (bicyclic) bond motifs is 1. The van der Waals surface area contributed by atoms with Crippen LogP contribution in [0.1, 0.15) is 0 Å². The number of alkyl halides is 2. The molecule has 2 atom stereocenters. The Hall–Kier alpha value is -1.40. The number of hydrogen-bond acceptors (Lipinski definition) is 3.